The van der Waals surface area contributed by atoms with Crippen LogP contribution in [0, 0.1) is 0 Å². The van der Waals surface area contributed by atoms with Crippen LogP contribution >= 0.6 is 0 Å². The largest absolute Gasteiger partial charge is 0.455 e. The molecule has 108 valence electrons. The molecule has 1 aliphatic heterocycles. The summed E-state index contributed by atoms with van der Waals surface area (Å²) < 4.78 is 32.4. The molecule has 0 aliphatic carbocycles. The van der Waals surface area contributed by atoms with Crippen LogP contribution in [0.5, 0.6) is 0 Å². The zero-order valence-electron chi connectivity index (χ0n) is 10.8. The van der Waals surface area contributed by atoms with Crippen molar-refractivity contribution in [2.45, 2.75) is 45.4 Å². The minimum atomic E-state index is -1.30. The summed E-state index contributed by atoms with van der Waals surface area (Å²) in [5, 5.41) is 0. The molecular formula is C11H15FO7. The van der Waals surface area contributed by atoms with Crippen molar-refractivity contribution >= 4 is 17.9 Å². The van der Waals surface area contributed by atoms with Crippen molar-refractivity contribution < 1.29 is 37.7 Å². The lowest BCUT2D eigenvalue weighted by molar-refractivity contribution is -0.195. The van der Waals surface area contributed by atoms with Crippen LogP contribution in [0.2, 0.25) is 0 Å². The van der Waals surface area contributed by atoms with E-state index >= 15 is 0 Å². The molecule has 0 spiro atoms. The van der Waals surface area contributed by atoms with E-state index in [4.69, 9.17) is 18.9 Å². The van der Waals surface area contributed by atoms with Crippen molar-refractivity contribution in [3.63, 3.8) is 0 Å². The Balaban J connectivity index is 2.90. The normalized spacial score (nSPS) is 29.7. The second-order valence-corrected chi connectivity index (χ2v) is 3.95. The summed E-state index contributed by atoms with van der Waals surface area (Å²) >= 11 is 0. The highest BCUT2D eigenvalue weighted by molar-refractivity contribution is 5.68. The zero-order valence-corrected chi connectivity index (χ0v) is 10.8. The monoisotopic (exact) mass is 278 g/mol. The molecule has 1 aliphatic rings. The molecule has 1 saturated heterocycles. The summed E-state index contributed by atoms with van der Waals surface area (Å²) in [5.74, 6) is -2.07. The summed E-state index contributed by atoms with van der Waals surface area (Å²) in [4.78, 5) is 32.9. The van der Waals surface area contributed by atoms with Crippen LogP contribution in [0.15, 0.2) is 0 Å². The van der Waals surface area contributed by atoms with Gasteiger partial charge in [0.25, 0.3) is 0 Å². The number of hydrogen-bond donors (Lipinski definition) is 0. The summed E-state index contributed by atoms with van der Waals surface area (Å²) in [5.41, 5.74) is 0. The molecule has 0 N–H and O–H groups in total. The molecule has 7 nitrogen and oxygen atoms in total. The predicted octanol–water partition coefficient (Wildman–Crippen LogP) is 0.107. The van der Waals surface area contributed by atoms with Crippen molar-refractivity contribution in [3.8, 4) is 0 Å². The third-order valence-corrected chi connectivity index (χ3v) is 2.31. The Bertz CT molecular complexity index is 370. The second-order valence-electron chi connectivity index (χ2n) is 3.95. The third kappa shape index (κ3) is 4.16. The van der Waals surface area contributed by atoms with E-state index in [0.29, 0.717) is 0 Å². The van der Waals surface area contributed by atoms with Gasteiger partial charge in [-0.05, 0) is 0 Å². The number of halogens is 1. The van der Waals surface area contributed by atoms with Crippen LogP contribution in [0.25, 0.3) is 0 Å². The number of alkyl halides is 1. The third-order valence-electron chi connectivity index (χ3n) is 2.31. The van der Waals surface area contributed by atoms with Crippen LogP contribution < -0.4 is 0 Å². The first-order chi connectivity index (χ1) is 8.85. The fourth-order valence-electron chi connectivity index (χ4n) is 1.73. The summed E-state index contributed by atoms with van der Waals surface area (Å²) in [7, 11) is 0. The van der Waals surface area contributed by atoms with E-state index in [9.17, 15) is 18.8 Å². The molecule has 0 aromatic heterocycles. The van der Waals surface area contributed by atoms with Crippen LogP contribution in [0.4, 0.5) is 4.39 Å². The molecule has 0 bridgehead atoms. The van der Waals surface area contributed by atoms with E-state index in [1.165, 1.54) is 0 Å². The Hall–Kier alpha value is -1.70. The molecule has 0 aromatic rings. The second kappa shape index (κ2) is 6.46. The summed E-state index contributed by atoms with van der Waals surface area (Å²) in [6.45, 7) is 2.39. The van der Waals surface area contributed by atoms with Gasteiger partial charge in [-0.2, -0.15) is 0 Å². The van der Waals surface area contributed by atoms with Gasteiger partial charge in [0.15, 0.2) is 6.10 Å². The van der Waals surface area contributed by atoms with Gasteiger partial charge in [0, 0.05) is 20.8 Å². The molecule has 0 amide bonds. The molecule has 0 aromatic carbocycles. The van der Waals surface area contributed by atoms with Gasteiger partial charge in [-0.3, -0.25) is 14.4 Å². The van der Waals surface area contributed by atoms with Gasteiger partial charge in [-0.15, -0.1) is 0 Å². The van der Waals surface area contributed by atoms with Gasteiger partial charge in [0.2, 0.25) is 12.4 Å². The fraction of sp³-hybridized carbons (Fsp3) is 0.727. The van der Waals surface area contributed by atoms with E-state index in [2.05, 4.69) is 0 Å². The topological polar surface area (TPSA) is 88.1 Å². The Morgan fingerprint density at radius 1 is 0.947 bits per heavy atom. The van der Waals surface area contributed by atoms with Gasteiger partial charge in [0.05, 0.1) is 0 Å². The predicted molar refractivity (Wildman–Crippen MR) is 57.5 cm³/mol. The molecule has 4 atom stereocenters. The van der Waals surface area contributed by atoms with Crippen molar-refractivity contribution in [1.82, 2.24) is 0 Å². The molecule has 1 heterocycles. The van der Waals surface area contributed by atoms with Gasteiger partial charge >= 0.3 is 17.9 Å². The maximum atomic E-state index is 12.8. The van der Waals surface area contributed by atoms with Crippen LogP contribution in [0.3, 0.4) is 0 Å². The molecule has 19 heavy (non-hydrogen) atoms. The smallest absolute Gasteiger partial charge is 0.305 e. The molecule has 1 unspecified atom stereocenters. The molecule has 1 fully saturated rings. The maximum absolute atomic E-state index is 12.8. The van der Waals surface area contributed by atoms with Gasteiger partial charge < -0.3 is 18.9 Å². The average molecular weight is 278 g/mol. The number of ether oxygens (including phenoxy) is 4. The first-order valence-electron chi connectivity index (χ1n) is 5.58. The Labute approximate surface area is 108 Å². The molecule has 0 saturated carbocycles. The Kier molecular flexibility index (Phi) is 5.22. The highest BCUT2D eigenvalue weighted by atomic mass is 19.1. The Morgan fingerprint density at radius 2 is 1.42 bits per heavy atom. The number of rotatable bonds is 4. The van der Waals surface area contributed by atoms with Gasteiger partial charge in [0.1, 0.15) is 12.8 Å². The fourth-order valence-corrected chi connectivity index (χ4v) is 1.73. The number of carbonyl (C=O) groups excluding carboxylic acids is 3. The van der Waals surface area contributed by atoms with E-state index in [-0.39, 0.29) is 0 Å². The summed E-state index contributed by atoms with van der Waals surface area (Å²) in [6, 6.07) is 0. The maximum Gasteiger partial charge on any atom is 0.305 e. The standard InChI is InChI=1S/C11H15FO7/c1-5(13)16-9-8(4-12)19-11(18-7(3)15)10(9)17-6(2)14/h8-11H,4H2,1-3H3/t8-,9-,10-,11?/m1/s1. The van der Waals surface area contributed by atoms with Crippen LogP contribution in [-0.2, 0) is 33.3 Å². The first-order valence-corrected chi connectivity index (χ1v) is 5.58. The lowest BCUT2D eigenvalue weighted by Crippen LogP contribution is -2.41. The average Bonchev–Trinajstić information content (AvgIpc) is 2.55. The molecule has 8 heteroatoms. The van der Waals surface area contributed by atoms with Gasteiger partial charge in [-0.25, -0.2) is 4.39 Å². The number of carbonyl (C=O) groups is 3. The minimum absolute atomic E-state index is 0.687. The van der Waals surface area contributed by atoms with E-state index in [0.717, 1.165) is 20.8 Å². The van der Waals surface area contributed by atoms with Crippen LogP contribution in [0.1, 0.15) is 20.8 Å². The quantitative estimate of drug-likeness (QED) is 0.532. The summed E-state index contributed by atoms with van der Waals surface area (Å²) in [6.07, 6.45) is -4.80. The van der Waals surface area contributed by atoms with Crippen molar-refractivity contribution in [3.05, 3.63) is 0 Å². The van der Waals surface area contributed by atoms with E-state index < -0.39 is 49.2 Å². The number of hydrogen-bond acceptors (Lipinski definition) is 7. The molecule has 1 rings (SSSR count). The minimum Gasteiger partial charge on any atom is -0.455 e. The lowest BCUT2D eigenvalue weighted by Gasteiger charge is -2.22. The lowest BCUT2D eigenvalue weighted by atomic mass is 10.1. The van der Waals surface area contributed by atoms with E-state index in [1.54, 1.807) is 0 Å². The van der Waals surface area contributed by atoms with E-state index in [1.807, 2.05) is 0 Å². The Morgan fingerprint density at radius 3 is 1.84 bits per heavy atom. The molecule has 0 radical (unpaired) electrons. The molecular weight excluding hydrogens is 263 g/mol. The zero-order chi connectivity index (χ0) is 14.6. The highest BCUT2D eigenvalue weighted by Gasteiger charge is 2.51. The van der Waals surface area contributed by atoms with Gasteiger partial charge in [-0.1, -0.05) is 0 Å². The van der Waals surface area contributed by atoms with Crippen LogP contribution in [-0.4, -0.2) is 49.2 Å². The van der Waals surface area contributed by atoms with Crippen molar-refractivity contribution in [2.24, 2.45) is 0 Å². The highest BCUT2D eigenvalue weighted by Crippen LogP contribution is 2.28. The first kappa shape index (κ1) is 15.4. The van der Waals surface area contributed by atoms with Crippen molar-refractivity contribution in [2.75, 3.05) is 6.67 Å². The number of esters is 3. The SMILES string of the molecule is CC(=O)OC1O[C@H](CF)[C@@H](OC(C)=O)[C@H]1OC(C)=O. The van der Waals surface area contributed by atoms with Crippen molar-refractivity contribution in [1.29, 1.82) is 0 Å².